The van der Waals surface area contributed by atoms with E-state index in [0.29, 0.717) is 31.2 Å². The third-order valence-corrected chi connectivity index (χ3v) is 8.27. The Bertz CT molecular complexity index is 1280. The van der Waals surface area contributed by atoms with Gasteiger partial charge in [-0.15, -0.1) is 0 Å². The van der Waals surface area contributed by atoms with Crippen molar-refractivity contribution < 1.29 is 14.7 Å². The van der Waals surface area contributed by atoms with Crippen LogP contribution in [0.4, 0.5) is 5.82 Å². The van der Waals surface area contributed by atoms with E-state index < -0.39 is 17.3 Å². The number of nitrogens with one attached hydrogen (secondary N) is 1. The summed E-state index contributed by atoms with van der Waals surface area (Å²) in [7, 11) is 0. The van der Waals surface area contributed by atoms with Crippen LogP contribution < -0.4 is 22.5 Å². The lowest BCUT2D eigenvalue weighted by Gasteiger charge is -2.42. The maximum Gasteiger partial charge on any atom is 0.354 e. The van der Waals surface area contributed by atoms with Gasteiger partial charge in [0.1, 0.15) is 5.82 Å². The number of amides is 2. The second kappa shape index (κ2) is 11.4. The zero-order valence-corrected chi connectivity index (χ0v) is 23.2. The number of nitrogens with zero attached hydrogens (tertiary/aromatic N) is 5. The summed E-state index contributed by atoms with van der Waals surface area (Å²) in [5.74, 6) is -0.369. The van der Waals surface area contributed by atoms with Crippen molar-refractivity contribution >= 4 is 17.6 Å². The Morgan fingerprint density at radius 1 is 1.12 bits per heavy atom. The predicted octanol–water partition coefficient (Wildman–Crippen LogP) is -0.523. The van der Waals surface area contributed by atoms with Gasteiger partial charge < -0.3 is 26.8 Å². The lowest BCUT2D eigenvalue weighted by Crippen LogP contribution is -2.62. The molecule has 0 saturated carbocycles. The van der Waals surface area contributed by atoms with E-state index in [1.165, 1.54) is 4.57 Å². The summed E-state index contributed by atoms with van der Waals surface area (Å²) in [5, 5.41) is 12.7. The topological polar surface area (TPSA) is 163 Å². The number of carbonyl (C=O) groups is 2. The number of piperidine rings is 1. The molecule has 2 bridgehead atoms. The fourth-order valence-electron chi connectivity index (χ4n) is 6.00. The van der Waals surface area contributed by atoms with Gasteiger partial charge in [-0.1, -0.05) is 12.1 Å². The van der Waals surface area contributed by atoms with Crippen molar-refractivity contribution in [2.24, 2.45) is 11.5 Å². The average molecular weight is 553 g/mol. The standard InChI is InChI=1S/C28H40N8O4/c1-28(2,30)26(39)36-16-22(17-37)35-15-21(36)13-23(35)25(38)31-24-9-12-34(27(40)32-24)20-5-3-18(4-6-20)14-33-10-7-19(29)8-11-33/h3-6,9,12,19,21-23,37H,7-8,10-11,13-17,29-30H2,1-2H3,(H,31,32,38,40). The highest BCUT2D eigenvalue weighted by molar-refractivity contribution is 5.94. The van der Waals surface area contributed by atoms with Crippen molar-refractivity contribution in [3.05, 3.63) is 52.6 Å². The Labute approximate surface area is 233 Å². The van der Waals surface area contributed by atoms with Gasteiger partial charge in [0, 0.05) is 37.9 Å². The number of likely N-dealkylation sites (tertiary alicyclic amines) is 1. The number of fused-ring (bicyclic) bond motifs is 2. The monoisotopic (exact) mass is 552 g/mol. The van der Waals surface area contributed by atoms with Crippen molar-refractivity contribution in [3.63, 3.8) is 0 Å². The largest absolute Gasteiger partial charge is 0.395 e. The minimum atomic E-state index is -1.04. The van der Waals surface area contributed by atoms with Crippen LogP contribution in [0.15, 0.2) is 41.3 Å². The number of nitrogens with two attached hydrogens (primary N) is 2. The fraction of sp³-hybridized carbons (Fsp3) is 0.571. The molecular formula is C28H40N8O4. The van der Waals surface area contributed by atoms with Crippen LogP contribution in [0.3, 0.4) is 0 Å². The van der Waals surface area contributed by atoms with Crippen LogP contribution >= 0.6 is 0 Å². The molecule has 3 fully saturated rings. The molecule has 4 heterocycles. The summed E-state index contributed by atoms with van der Waals surface area (Å²) in [6, 6.07) is 8.58. The zero-order chi connectivity index (χ0) is 28.6. The Kier molecular flexibility index (Phi) is 8.07. The van der Waals surface area contributed by atoms with Crippen LogP contribution in [-0.4, -0.2) is 104 Å². The van der Waals surface area contributed by atoms with E-state index in [0.717, 1.165) is 38.0 Å². The highest BCUT2D eigenvalue weighted by Gasteiger charge is 2.49. The van der Waals surface area contributed by atoms with Gasteiger partial charge in [0.25, 0.3) is 0 Å². The van der Waals surface area contributed by atoms with Crippen molar-refractivity contribution in [1.29, 1.82) is 0 Å². The highest BCUT2D eigenvalue weighted by atomic mass is 16.3. The first-order chi connectivity index (χ1) is 19.0. The molecule has 3 saturated heterocycles. The van der Waals surface area contributed by atoms with E-state index in [1.54, 1.807) is 31.0 Å². The van der Waals surface area contributed by atoms with E-state index >= 15 is 0 Å². The fourth-order valence-corrected chi connectivity index (χ4v) is 6.00. The Morgan fingerprint density at radius 2 is 1.82 bits per heavy atom. The first-order valence-corrected chi connectivity index (χ1v) is 14.0. The van der Waals surface area contributed by atoms with Gasteiger partial charge in [0.15, 0.2) is 0 Å². The van der Waals surface area contributed by atoms with Crippen LogP contribution in [0.5, 0.6) is 0 Å². The molecule has 0 spiro atoms. The molecule has 2 aromatic rings. The predicted molar refractivity (Wildman–Crippen MR) is 151 cm³/mol. The highest BCUT2D eigenvalue weighted by Crippen LogP contribution is 2.32. The van der Waals surface area contributed by atoms with Gasteiger partial charge in [0.2, 0.25) is 11.8 Å². The number of piperazine rings is 1. The molecule has 4 unspecified atom stereocenters. The van der Waals surface area contributed by atoms with Crippen molar-refractivity contribution in [3.8, 4) is 5.69 Å². The molecule has 12 heteroatoms. The van der Waals surface area contributed by atoms with Gasteiger partial charge in [-0.05, 0) is 70.0 Å². The number of anilines is 1. The number of rotatable bonds is 7. The third kappa shape index (κ3) is 5.96. The summed E-state index contributed by atoms with van der Waals surface area (Å²) < 4.78 is 1.44. The van der Waals surface area contributed by atoms with E-state index in [-0.39, 0.29) is 36.3 Å². The summed E-state index contributed by atoms with van der Waals surface area (Å²) in [6.07, 6.45) is 4.03. The molecule has 2 amide bonds. The normalized spacial score (nSPS) is 25.7. The SMILES string of the molecule is CC(C)(N)C(=O)N1CC(CO)N2CC1CC2C(=O)Nc1ccn(-c2ccc(CN3CCC(N)CC3)cc2)c(=O)n1. The van der Waals surface area contributed by atoms with E-state index in [1.807, 2.05) is 29.2 Å². The van der Waals surface area contributed by atoms with Crippen LogP contribution in [-0.2, 0) is 16.1 Å². The van der Waals surface area contributed by atoms with Gasteiger partial charge in [-0.2, -0.15) is 4.98 Å². The third-order valence-electron chi connectivity index (χ3n) is 8.27. The lowest BCUT2D eigenvalue weighted by molar-refractivity contribution is -0.141. The molecule has 12 nitrogen and oxygen atoms in total. The van der Waals surface area contributed by atoms with Gasteiger partial charge >= 0.3 is 5.69 Å². The molecule has 0 aliphatic carbocycles. The summed E-state index contributed by atoms with van der Waals surface area (Å²) >= 11 is 0. The Morgan fingerprint density at radius 3 is 2.45 bits per heavy atom. The molecule has 5 rings (SSSR count). The first-order valence-electron chi connectivity index (χ1n) is 14.0. The molecule has 1 aromatic heterocycles. The second-order valence-electron chi connectivity index (χ2n) is 11.9. The van der Waals surface area contributed by atoms with Crippen molar-refractivity contribution in [2.75, 3.05) is 38.1 Å². The summed E-state index contributed by atoms with van der Waals surface area (Å²) in [4.78, 5) is 49.1. The Balaban J connectivity index is 1.23. The number of hydrogen-bond donors (Lipinski definition) is 4. The molecule has 3 aliphatic heterocycles. The molecule has 1 aromatic carbocycles. The van der Waals surface area contributed by atoms with Gasteiger partial charge in [0.05, 0.1) is 29.9 Å². The molecule has 6 N–H and O–H groups in total. The van der Waals surface area contributed by atoms with Crippen molar-refractivity contribution in [2.45, 2.75) is 69.4 Å². The van der Waals surface area contributed by atoms with Crippen LogP contribution in [0.1, 0.15) is 38.7 Å². The van der Waals surface area contributed by atoms with Crippen molar-refractivity contribution in [1.82, 2.24) is 24.3 Å². The van der Waals surface area contributed by atoms with Gasteiger partial charge in [-0.25, -0.2) is 4.79 Å². The average Bonchev–Trinajstić information content (AvgIpc) is 3.29. The van der Waals surface area contributed by atoms with E-state index in [9.17, 15) is 19.5 Å². The number of benzene rings is 1. The molecule has 3 aliphatic rings. The second-order valence-corrected chi connectivity index (χ2v) is 11.9. The first kappa shape index (κ1) is 28.4. The maximum atomic E-state index is 13.3. The molecular weight excluding hydrogens is 512 g/mol. The quantitative estimate of drug-likeness (QED) is 0.354. The summed E-state index contributed by atoms with van der Waals surface area (Å²) in [5.41, 5.74) is 12.4. The van der Waals surface area contributed by atoms with Crippen LogP contribution in [0.25, 0.3) is 5.69 Å². The van der Waals surface area contributed by atoms with Crippen LogP contribution in [0.2, 0.25) is 0 Å². The van der Waals surface area contributed by atoms with E-state index in [2.05, 4.69) is 15.2 Å². The Hall–Kier alpha value is -3.16. The number of aliphatic hydroxyl groups excluding tert-OH is 1. The molecule has 0 radical (unpaired) electrons. The minimum absolute atomic E-state index is 0.158. The summed E-state index contributed by atoms with van der Waals surface area (Å²) in [6.45, 7) is 6.72. The molecule has 216 valence electrons. The minimum Gasteiger partial charge on any atom is -0.395 e. The maximum absolute atomic E-state index is 13.3. The molecule has 4 atom stereocenters. The zero-order valence-electron chi connectivity index (χ0n) is 23.2. The smallest absolute Gasteiger partial charge is 0.354 e. The molecule has 40 heavy (non-hydrogen) atoms. The van der Waals surface area contributed by atoms with Crippen LogP contribution in [0, 0.1) is 0 Å². The van der Waals surface area contributed by atoms with Gasteiger partial charge in [-0.3, -0.25) is 24.0 Å². The number of carbonyl (C=O) groups excluding carboxylic acids is 2. The van der Waals surface area contributed by atoms with E-state index in [4.69, 9.17) is 11.5 Å². The number of hydrogen-bond acceptors (Lipinski definition) is 9. The number of aromatic nitrogens is 2. The number of aliphatic hydroxyl groups is 1. The lowest BCUT2D eigenvalue weighted by atomic mass is 10.0.